The Bertz CT molecular complexity index is 506. The molecule has 2 fully saturated rings. The quantitative estimate of drug-likeness (QED) is 0.749. The number of amides is 2. The van der Waals surface area contributed by atoms with Gasteiger partial charge in [-0.1, -0.05) is 12.8 Å². The number of carbonyl (C=O) groups excluding carboxylic acids is 2. The zero-order valence-corrected chi connectivity index (χ0v) is 11.4. The Balaban J connectivity index is 1.95. The first-order chi connectivity index (χ1) is 8.62. The van der Waals surface area contributed by atoms with E-state index in [9.17, 15) is 9.59 Å². The van der Waals surface area contributed by atoms with Crippen molar-refractivity contribution in [3.63, 3.8) is 0 Å². The Hall–Kier alpha value is -1.23. The minimum absolute atomic E-state index is 0.0557. The molecule has 1 spiro atoms. The number of hydrogen-bond acceptors (Lipinski definition) is 3. The average molecular weight is 309 g/mol. The van der Waals surface area contributed by atoms with Crippen LogP contribution >= 0.6 is 15.9 Å². The standard InChI is InChI=1S/C13H13BrN2O2/c14-9-3-4-10(15-8-9)16-11(17)7-13(12(16)18)5-1-2-6-13/h3-4,8H,1-2,5-7H2. The van der Waals surface area contributed by atoms with Crippen LogP contribution in [0.4, 0.5) is 5.82 Å². The number of halogens is 1. The lowest BCUT2D eigenvalue weighted by Gasteiger charge is -2.20. The zero-order chi connectivity index (χ0) is 12.8. The highest BCUT2D eigenvalue weighted by atomic mass is 79.9. The Kier molecular flexibility index (Phi) is 2.73. The number of rotatable bonds is 1. The molecule has 0 N–H and O–H groups in total. The summed E-state index contributed by atoms with van der Waals surface area (Å²) in [6, 6.07) is 3.50. The maximum absolute atomic E-state index is 12.5. The van der Waals surface area contributed by atoms with Crippen molar-refractivity contribution in [2.24, 2.45) is 5.41 Å². The van der Waals surface area contributed by atoms with Gasteiger partial charge in [-0.2, -0.15) is 0 Å². The van der Waals surface area contributed by atoms with Crippen molar-refractivity contribution in [3.05, 3.63) is 22.8 Å². The van der Waals surface area contributed by atoms with E-state index >= 15 is 0 Å². The largest absolute Gasteiger partial charge is 0.274 e. The van der Waals surface area contributed by atoms with E-state index in [1.54, 1.807) is 18.3 Å². The molecule has 0 aromatic carbocycles. The Morgan fingerprint density at radius 1 is 1.22 bits per heavy atom. The fourth-order valence-electron chi connectivity index (χ4n) is 2.97. The number of anilines is 1. The van der Waals surface area contributed by atoms with Crippen LogP contribution in [0.2, 0.25) is 0 Å². The second-order valence-electron chi connectivity index (χ2n) is 5.03. The number of imide groups is 1. The SMILES string of the molecule is O=C1CC2(CCCC2)C(=O)N1c1ccc(Br)cn1. The number of hydrogen-bond donors (Lipinski definition) is 0. The van der Waals surface area contributed by atoms with Crippen molar-refractivity contribution in [2.75, 3.05) is 4.90 Å². The van der Waals surface area contributed by atoms with E-state index < -0.39 is 5.41 Å². The van der Waals surface area contributed by atoms with Gasteiger partial charge in [-0.3, -0.25) is 9.59 Å². The maximum Gasteiger partial charge on any atom is 0.241 e. The molecule has 1 saturated carbocycles. The molecule has 3 rings (SSSR count). The highest BCUT2D eigenvalue weighted by molar-refractivity contribution is 9.10. The Morgan fingerprint density at radius 3 is 2.56 bits per heavy atom. The van der Waals surface area contributed by atoms with Gasteiger partial charge in [0.05, 0.1) is 5.41 Å². The van der Waals surface area contributed by atoms with Crippen molar-refractivity contribution in [1.82, 2.24) is 4.98 Å². The average Bonchev–Trinajstić information content (AvgIpc) is 2.89. The molecule has 2 aliphatic rings. The number of nitrogens with zero attached hydrogens (tertiary/aromatic N) is 2. The molecule has 1 aromatic heterocycles. The van der Waals surface area contributed by atoms with Crippen LogP contribution in [0, 0.1) is 5.41 Å². The summed E-state index contributed by atoms with van der Waals surface area (Å²) in [6.45, 7) is 0. The first kappa shape index (κ1) is 11.8. The summed E-state index contributed by atoms with van der Waals surface area (Å²) in [5, 5.41) is 0. The maximum atomic E-state index is 12.5. The van der Waals surface area contributed by atoms with E-state index in [-0.39, 0.29) is 11.8 Å². The minimum Gasteiger partial charge on any atom is -0.274 e. The molecule has 18 heavy (non-hydrogen) atoms. The van der Waals surface area contributed by atoms with E-state index in [0.29, 0.717) is 12.2 Å². The minimum atomic E-state index is -0.425. The fraction of sp³-hybridized carbons (Fsp3) is 0.462. The molecule has 0 radical (unpaired) electrons. The Morgan fingerprint density at radius 2 is 1.94 bits per heavy atom. The molecule has 1 aromatic rings. The Labute approximate surface area is 114 Å². The van der Waals surface area contributed by atoms with E-state index in [4.69, 9.17) is 0 Å². The van der Waals surface area contributed by atoms with Crippen LogP contribution in [-0.2, 0) is 9.59 Å². The van der Waals surface area contributed by atoms with E-state index in [1.807, 2.05) is 0 Å². The van der Waals surface area contributed by atoms with Gasteiger partial charge in [-0.15, -0.1) is 0 Å². The third-order valence-electron chi connectivity index (χ3n) is 3.90. The zero-order valence-electron chi connectivity index (χ0n) is 9.86. The van der Waals surface area contributed by atoms with E-state index in [2.05, 4.69) is 20.9 Å². The van der Waals surface area contributed by atoms with Crippen LogP contribution in [-0.4, -0.2) is 16.8 Å². The van der Waals surface area contributed by atoms with Crippen LogP contribution in [0.3, 0.4) is 0 Å². The van der Waals surface area contributed by atoms with Crippen molar-refractivity contribution < 1.29 is 9.59 Å². The van der Waals surface area contributed by atoms with Gasteiger partial charge >= 0.3 is 0 Å². The van der Waals surface area contributed by atoms with Crippen molar-refractivity contribution in [3.8, 4) is 0 Å². The molecule has 2 heterocycles. The highest BCUT2D eigenvalue weighted by Crippen LogP contribution is 2.47. The van der Waals surface area contributed by atoms with Crippen molar-refractivity contribution in [1.29, 1.82) is 0 Å². The second-order valence-corrected chi connectivity index (χ2v) is 5.95. The summed E-state index contributed by atoms with van der Waals surface area (Å²) >= 11 is 3.29. The summed E-state index contributed by atoms with van der Waals surface area (Å²) in [6.07, 6.45) is 5.72. The smallest absolute Gasteiger partial charge is 0.241 e. The van der Waals surface area contributed by atoms with Gasteiger partial charge in [0.1, 0.15) is 5.82 Å². The van der Waals surface area contributed by atoms with Gasteiger partial charge in [-0.05, 0) is 40.9 Å². The van der Waals surface area contributed by atoms with Gasteiger partial charge in [0.2, 0.25) is 11.8 Å². The third kappa shape index (κ3) is 1.68. The van der Waals surface area contributed by atoms with Crippen LogP contribution in [0.1, 0.15) is 32.1 Å². The predicted octanol–water partition coefficient (Wildman–Crippen LogP) is 2.67. The summed E-state index contributed by atoms with van der Waals surface area (Å²) in [5.74, 6) is 0.272. The van der Waals surface area contributed by atoms with Crippen LogP contribution in [0.25, 0.3) is 0 Å². The molecule has 0 atom stereocenters. The lowest BCUT2D eigenvalue weighted by atomic mass is 9.84. The number of aromatic nitrogens is 1. The number of pyridine rings is 1. The molecular formula is C13H13BrN2O2. The lowest BCUT2D eigenvalue weighted by molar-refractivity contribution is -0.125. The monoisotopic (exact) mass is 308 g/mol. The van der Waals surface area contributed by atoms with E-state index in [1.165, 1.54) is 4.90 Å². The summed E-state index contributed by atoms with van der Waals surface area (Å²) in [7, 11) is 0. The lowest BCUT2D eigenvalue weighted by Crippen LogP contribution is -2.34. The molecule has 4 nitrogen and oxygen atoms in total. The number of carbonyl (C=O) groups is 2. The second kappa shape index (κ2) is 4.16. The summed E-state index contributed by atoms with van der Waals surface area (Å²) in [5.41, 5.74) is -0.425. The molecule has 0 unspecified atom stereocenters. The van der Waals surface area contributed by atoms with Gasteiger partial charge in [0, 0.05) is 17.1 Å². The van der Waals surface area contributed by atoms with Gasteiger partial charge in [0.25, 0.3) is 0 Å². The molecule has 1 saturated heterocycles. The molecule has 1 aliphatic carbocycles. The molecular weight excluding hydrogens is 296 g/mol. The van der Waals surface area contributed by atoms with Gasteiger partial charge < -0.3 is 0 Å². The fourth-order valence-corrected chi connectivity index (χ4v) is 3.20. The molecule has 1 aliphatic heterocycles. The van der Waals surface area contributed by atoms with Crippen LogP contribution < -0.4 is 4.90 Å². The first-order valence-corrected chi connectivity index (χ1v) is 6.91. The van der Waals surface area contributed by atoms with Crippen molar-refractivity contribution in [2.45, 2.75) is 32.1 Å². The van der Waals surface area contributed by atoms with Crippen LogP contribution in [0.5, 0.6) is 0 Å². The molecule has 0 bridgehead atoms. The van der Waals surface area contributed by atoms with Gasteiger partial charge in [0.15, 0.2) is 0 Å². The van der Waals surface area contributed by atoms with Crippen molar-refractivity contribution >= 4 is 33.6 Å². The molecule has 5 heteroatoms. The van der Waals surface area contributed by atoms with Crippen LogP contribution in [0.15, 0.2) is 22.8 Å². The highest BCUT2D eigenvalue weighted by Gasteiger charge is 2.53. The first-order valence-electron chi connectivity index (χ1n) is 6.11. The van der Waals surface area contributed by atoms with Gasteiger partial charge in [-0.25, -0.2) is 9.88 Å². The normalized spacial score (nSPS) is 22.2. The topological polar surface area (TPSA) is 50.3 Å². The predicted molar refractivity (Wildman–Crippen MR) is 69.9 cm³/mol. The molecule has 2 amide bonds. The summed E-state index contributed by atoms with van der Waals surface area (Å²) < 4.78 is 0.834. The summed E-state index contributed by atoms with van der Waals surface area (Å²) in [4.78, 5) is 30.0. The third-order valence-corrected chi connectivity index (χ3v) is 4.37. The molecule has 94 valence electrons. The van der Waals surface area contributed by atoms with E-state index in [0.717, 1.165) is 30.2 Å².